The van der Waals surface area contributed by atoms with Crippen LogP contribution in [0.3, 0.4) is 0 Å². The van der Waals surface area contributed by atoms with Gasteiger partial charge < -0.3 is 13.3 Å². The van der Waals surface area contributed by atoms with E-state index in [0.717, 1.165) is 77.3 Å². The monoisotopic (exact) mass is 732 g/mol. The van der Waals surface area contributed by atoms with Crippen LogP contribution in [0.2, 0.25) is 0 Å². The van der Waals surface area contributed by atoms with E-state index in [4.69, 9.17) is 13.3 Å². The molecular weight excluding hydrogens is 697 g/mol. The lowest BCUT2D eigenvalue weighted by Crippen LogP contribution is -2.08. The van der Waals surface area contributed by atoms with Crippen LogP contribution in [0.1, 0.15) is 26.5 Å². The molecule has 0 aliphatic rings. The van der Waals surface area contributed by atoms with Crippen LogP contribution >= 0.6 is 0 Å². The van der Waals surface area contributed by atoms with E-state index in [1.54, 1.807) is 0 Å². The lowest BCUT2D eigenvalue weighted by atomic mass is 9.83. The molecule has 0 spiro atoms. The molecule has 3 heteroatoms. The van der Waals surface area contributed by atoms with Gasteiger partial charge in [-0.05, 0) is 120 Å². The molecule has 12 aromatic rings. The SMILES string of the molecule is CC(C)(C)c1cc2ccc(-c3c4ccccc4c(-c4cc(-c5ccc6oc7c(ccc8c9ccccc9oc87)c6c5)cc5ccccc45)c4ccccc34)cc2o1. The maximum atomic E-state index is 6.53. The van der Waals surface area contributed by atoms with Crippen molar-refractivity contribution < 1.29 is 13.3 Å². The molecule has 0 N–H and O–H groups in total. The molecule has 0 unspecified atom stereocenters. The summed E-state index contributed by atoms with van der Waals surface area (Å²) in [6.45, 7) is 6.59. The third-order valence-corrected chi connectivity index (χ3v) is 11.9. The number of fused-ring (bicyclic) bond motifs is 11. The summed E-state index contributed by atoms with van der Waals surface area (Å²) in [6, 6.07) is 59.2. The van der Waals surface area contributed by atoms with Gasteiger partial charge in [-0.25, -0.2) is 0 Å². The molecule has 0 amide bonds. The predicted octanol–water partition coefficient (Wildman–Crippen LogP) is 16.0. The number of para-hydroxylation sites is 1. The van der Waals surface area contributed by atoms with Crippen LogP contribution in [0.25, 0.3) is 121 Å². The first-order valence-electron chi connectivity index (χ1n) is 19.7. The summed E-state index contributed by atoms with van der Waals surface area (Å²) in [5.41, 5.74) is 11.2. The maximum Gasteiger partial charge on any atom is 0.178 e. The van der Waals surface area contributed by atoms with Crippen molar-refractivity contribution in [3.05, 3.63) is 170 Å². The second-order valence-electron chi connectivity index (χ2n) is 16.4. The summed E-state index contributed by atoms with van der Waals surface area (Å²) in [5, 5.41) is 12.7. The van der Waals surface area contributed by atoms with E-state index in [2.05, 4.69) is 166 Å². The summed E-state index contributed by atoms with van der Waals surface area (Å²) in [4.78, 5) is 0. The highest BCUT2D eigenvalue weighted by Gasteiger charge is 2.22. The maximum absolute atomic E-state index is 6.53. The molecule has 0 atom stereocenters. The van der Waals surface area contributed by atoms with E-state index in [1.807, 2.05) is 18.2 Å². The van der Waals surface area contributed by atoms with Gasteiger partial charge in [0.25, 0.3) is 0 Å². The second kappa shape index (κ2) is 11.7. The van der Waals surface area contributed by atoms with Crippen LogP contribution in [-0.4, -0.2) is 0 Å². The van der Waals surface area contributed by atoms with Crippen molar-refractivity contribution in [1.29, 1.82) is 0 Å². The van der Waals surface area contributed by atoms with Crippen molar-refractivity contribution >= 4 is 87.2 Å². The van der Waals surface area contributed by atoms with E-state index in [0.29, 0.717) is 0 Å². The average molecular weight is 733 g/mol. The third kappa shape index (κ3) is 4.79. The van der Waals surface area contributed by atoms with Crippen LogP contribution < -0.4 is 0 Å². The highest BCUT2D eigenvalue weighted by Crippen LogP contribution is 2.47. The normalized spacial score (nSPS) is 12.5. The fourth-order valence-corrected chi connectivity index (χ4v) is 9.17. The van der Waals surface area contributed by atoms with Gasteiger partial charge in [0.15, 0.2) is 11.2 Å². The standard InChI is InChI=1S/C54H36O3/c1-54(2,3)49-30-33-20-21-34(29-48(33)55-49)50-38-15-6-8-17-40(38)51(41-18-9-7-16-39(41)50)45-28-35(26-32-12-4-5-13-36(32)45)31-22-25-47-44(27-31)43-24-23-42-37-14-10-11-19-46(37)56-52(42)53(43)57-47/h4-30H,1-3H3. The minimum atomic E-state index is -0.0716. The molecule has 0 aliphatic heterocycles. The van der Waals surface area contributed by atoms with E-state index >= 15 is 0 Å². The van der Waals surface area contributed by atoms with Gasteiger partial charge in [0.2, 0.25) is 0 Å². The molecule has 57 heavy (non-hydrogen) atoms. The number of rotatable bonds is 3. The molecule has 0 radical (unpaired) electrons. The Morgan fingerprint density at radius 2 is 0.912 bits per heavy atom. The zero-order valence-corrected chi connectivity index (χ0v) is 31.8. The summed E-state index contributed by atoms with van der Waals surface area (Å²) in [5.74, 6) is 0.995. The summed E-state index contributed by atoms with van der Waals surface area (Å²) in [6.07, 6.45) is 0. The zero-order chi connectivity index (χ0) is 38.0. The van der Waals surface area contributed by atoms with Crippen molar-refractivity contribution in [2.24, 2.45) is 0 Å². The Kier molecular flexibility index (Phi) is 6.61. The smallest absolute Gasteiger partial charge is 0.178 e. The van der Waals surface area contributed by atoms with E-state index in [1.165, 1.54) is 49.0 Å². The topological polar surface area (TPSA) is 39.4 Å². The number of benzene rings is 9. The van der Waals surface area contributed by atoms with Crippen molar-refractivity contribution in [3.8, 4) is 33.4 Å². The molecule has 0 saturated heterocycles. The van der Waals surface area contributed by atoms with Gasteiger partial charge in [-0.15, -0.1) is 0 Å². The molecular formula is C54H36O3. The molecule has 270 valence electrons. The Bertz CT molecular complexity index is 3560. The van der Waals surface area contributed by atoms with Crippen molar-refractivity contribution in [1.82, 2.24) is 0 Å². The molecule has 3 aromatic heterocycles. The highest BCUT2D eigenvalue weighted by atomic mass is 16.4. The first-order chi connectivity index (χ1) is 27.9. The predicted molar refractivity (Wildman–Crippen MR) is 238 cm³/mol. The largest absolute Gasteiger partial charge is 0.460 e. The van der Waals surface area contributed by atoms with Gasteiger partial charge in [0.05, 0.1) is 0 Å². The van der Waals surface area contributed by atoms with Gasteiger partial charge in [-0.2, -0.15) is 0 Å². The Balaban J connectivity index is 1.09. The fraction of sp³-hybridized carbons (Fsp3) is 0.0741. The Morgan fingerprint density at radius 3 is 1.61 bits per heavy atom. The average Bonchev–Trinajstić information content (AvgIpc) is 3.95. The van der Waals surface area contributed by atoms with Crippen molar-refractivity contribution in [3.63, 3.8) is 0 Å². The second-order valence-corrected chi connectivity index (χ2v) is 16.4. The van der Waals surface area contributed by atoms with Gasteiger partial charge >= 0.3 is 0 Å². The molecule has 12 rings (SSSR count). The number of furan rings is 3. The molecule has 9 aromatic carbocycles. The van der Waals surface area contributed by atoms with Gasteiger partial charge in [-0.1, -0.05) is 130 Å². The number of hydrogen-bond acceptors (Lipinski definition) is 3. The molecule has 0 saturated carbocycles. The van der Waals surface area contributed by atoms with Gasteiger partial charge in [0.1, 0.15) is 22.5 Å². The zero-order valence-electron chi connectivity index (χ0n) is 31.8. The highest BCUT2D eigenvalue weighted by molar-refractivity contribution is 6.24. The summed E-state index contributed by atoms with van der Waals surface area (Å²) in [7, 11) is 0. The van der Waals surface area contributed by atoms with Crippen LogP contribution in [0.5, 0.6) is 0 Å². The van der Waals surface area contributed by atoms with Gasteiger partial charge in [-0.3, -0.25) is 0 Å². The van der Waals surface area contributed by atoms with Crippen LogP contribution in [0.15, 0.2) is 177 Å². The molecule has 0 fully saturated rings. The quantitative estimate of drug-likeness (QED) is 0.170. The van der Waals surface area contributed by atoms with Crippen molar-refractivity contribution in [2.75, 3.05) is 0 Å². The lowest BCUT2D eigenvalue weighted by molar-refractivity contribution is 0.430. The molecule has 0 bridgehead atoms. The fourth-order valence-electron chi connectivity index (χ4n) is 9.17. The first kappa shape index (κ1) is 32.2. The minimum Gasteiger partial charge on any atom is -0.460 e. The van der Waals surface area contributed by atoms with E-state index in [9.17, 15) is 0 Å². The Morgan fingerprint density at radius 1 is 0.333 bits per heavy atom. The van der Waals surface area contributed by atoms with Crippen LogP contribution in [0.4, 0.5) is 0 Å². The summed E-state index contributed by atoms with van der Waals surface area (Å²) < 4.78 is 19.4. The van der Waals surface area contributed by atoms with E-state index < -0.39 is 0 Å². The first-order valence-corrected chi connectivity index (χ1v) is 19.7. The Hall–Kier alpha value is -7.10. The summed E-state index contributed by atoms with van der Waals surface area (Å²) >= 11 is 0. The van der Waals surface area contributed by atoms with Crippen LogP contribution in [0, 0.1) is 0 Å². The minimum absolute atomic E-state index is 0.0716. The lowest BCUT2D eigenvalue weighted by Gasteiger charge is -2.19. The van der Waals surface area contributed by atoms with Crippen molar-refractivity contribution in [2.45, 2.75) is 26.2 Å². The van der Waals surface area contributed by atoms with E-state index in [-0.39, 0.29) is 5.41 Å². The molecule has 3 heterocycles. The molecule has 0 aliphatic carbocycles. The number of hydrogen-bond donors (Lipinski definition) is 0. The van der Waals surface area contributed by atoms with Gasteiger partial charge in [0, 0.05) is 32.3 Å². The molecule has 3 nitrogen and oxygen atoms in total. The van der Waals surface area contributed by atoms with Crippen LogP contribution in [-0.2, 0) is 5.41 Å². The Labute approximate surface area is 328 Å². The third-order valence-electron chi connectivity index (χ3n) is 11.9.